The van der Waals surface area contributed by atoms with Crippen molar-refractivity contribution in [3.8, 4) is 0 Å². The summed E-state index contributed by atoms with van der Waals surface area (Å²) in [6, 6.07) is 6.18. The third-order valence-corrected chi connectivity index (χ3v) is 3.76. The van der Waals surface area contributed by atoms with E-state index in [4.69, 9.17) is 4.74 Å². The van der Waals surface area contributed by atoms with Crippen LogP contribution in [0.2, 0.25) is 0 Å². The zero-order chi connectivity index (χ0) is 12.4. The van der Waals surface area contributed by atoms with Crippen LogP contribution in [-0.2, 0) is 11.3 Å². The fraction of sp³-hybridized carbons (Fsp3) is 0.462. The molecule has 18 heavy (non-hydrogen) atoms. The van der Waals surface area contributed by atoms with Crippen molar-refractivity contribution in [2.75, 3.05) is 32.8 Å². The van der Waals surface area contributed by atoms with Gasteiger partial charge in [-0.3, -0.25) is 9.58 Å². The number of hydrogen-bond donors (Lipinski definition) is 0. The van der Waals surface area contributed by atoms with Crippen molar-refractivity contribution >= 4 is 26.8 Å². The van der Waals surface area contributed by atoms with E-state index in [2.05, 4.69) is 38.2 Å². The third kappa shape index (κ3) is 2.74. The first-order valence-electron chi connectivity index (χ1n) is 6.24. The molecular formula is C13H16BrN3O. The minimum absolute atomic E-state index is 0.855. The number of nitrogens with zero attached hydrogens (tertiary/aromatic N) is 3. The summed E-state index contributed by atoms with van der Waals surface area (Å²) in [6.07, 6.45) is 2.11. The van der Waals surface area contributed by atoms with Gasteiger partial charge in [0.15, 0.2) is 0 Å². The molecule has 4 nitrogen and oxygen atoms in total. The van der Waals surface area contributed by atoms with Gasteiger partial charge in [0.2, 0.25) is 0 Å². The molecular weight excluding hydrogens is 294 g/mol. The minimum Gasteiger partial charge on any atom is -0.379 e. The van der Waals surface area contributed by atoms with Gasteiger partial charge < -0.3 is 4.74 Å². The predicted octanol–water partition coefficient (Wildman–Crippen LogP) is 2.13. The van der Waals surface area contributed by atoms with Crippen LogP contribution in [-0.4, -0.2) is 47.5 Å². The molecule has 3 rings (SSSR count). The van der Waals surface area contributed by atoms with E-state index in [-0.39, 0.29) is 0 Å². The molecule has 0 atom stereocenters. The van der Waals surface area contributed by atoms with E-state index in [9.17, 15) is 0 Å². The van der Waals surface area contributed by atoms with Gasteiger partial charge in [-0.05, 0) is 18.2 Å². The molecule has 0 saturated carbocycles. The molecule has 0 unspecified atom stereocenters. The van der Waals surface area contributed by atoms with Crippen LogP contribution in [0.25, 0.3) is 10.9 Å². The van der Waals surface area contributed by atoms with Crippen molar-refractivity contribution < 1.29 is 4.74 Å². The number of rotatable bonds is 3. The second kappa shape index (κ2) is 5.38. The van der Waals surface area contributed by atoms with Crippen LogP contribution >= 0.6 is 15.9 Å². The Kier molecular flexibility index (Phi) is 3.63. The molecule has 1 saturated heterocycles. The van der Waals surface area contributed by atoms with Crippen molar-refractivity contribution in [3.05, 3.63) is 28.9 Å². The van der Waals surface area contributed by atoms with Crippen molar-refractivity contribution in [2.45, 2.75) is 6.54 Å². The fourth-order valence-corrected chi connectivity index (χ4v) is 2.61. The van der Waals surface area contributed by atoms with E-state index in [1.807, 2.05) is 16.8 Å². The average Bonchev–Trinajstić information content (AvgIpc) is 2.79. The molecule has 1 fully saturated rings. The lowest BCUT2D eigenvalue weighted by Crippen LogP contribution is -2.38. The highest BCUT2D eigenvalue weighted by atomic mass is 79.9. The Labute approximate surface area is 115 Å². The Morgan fingerprint density at radius 3 is 2.89 bits per heavy atom. The van der Waals surface area contributed by atoms with Crippen molar-refractivity contribution in [3.63, 3.8) is 0 Å². The van der Waals surface area contributed by atoms with Crippen molar-refractivity contribution in [1.82, 2.24) is 14.7 Å². The smallest absolute Gasteiger partial charge is 0.0924 e. The van der Waals surface area contributed by atoms with E-state index in [0.29, 0.717) is 0 Å². The highest BCUT2D eigenvalue weighted by Gasteiger charge is 2.10. The molecule has 2 heterocycles. The molecule has 0 N–H and O–H groups in total. The fourth-order valence-electron chi connectivity index (χ4n) is 2.23. The first-order chi connectivity index (χ1) is 8.81. The Morgan fingerprint density at radius 2 is 2.06 bits per heavy atom. The predicted molar refractivity (Wildman–Crippen MR) is 74.7 cm³/mol. The van der Waals surface area contributed by atoms with Crippen LogP contribution in [0.15, 0.2) is 28.9 Å². The zero-order valence-corrected chi connectivity index (χ0v) is 11.8. The minimum atomic E-state index is 0.855. The molecule has 1 aromatic heterocycles. The number of benzene rings is 1. The van der Waals surface area contributed by atoms with Crippen LogP contribution in [0.1, 0.15) is 0 Å². The number of aromatic nitrogens is 2. The lowest BCUT2D eigenvalue weighted by atomic mass is 10.3. The van der Waals surface area contributed by atoms with Crippen LogP contribution in [0.5, 0.6) is 0 Å². The lowest BCUT2D eigenvalue weighted by molar-refractivity contribution is 0.0360. The van der Waals surface area contributed by atoms with Gasteiger partial charge in [0, 0.05) is 35.7 Å². The molecule has 1 aliphatic rings. The molecule has 1 aromatic carbocycles. The molecule has 96 valence electrons. The van der Waals surface area contributed by atoms with Gasteiger partial charge in [0.25, 0.3) is 0 Å². The summed E-state index contributed by atoms with van der Waals surface area (Å²) < 4.78 is 8.48. The first-order valence-corrected chi connectivity index (χ1v) is 7.03. The molecule has 0 amide bonds. The largest absolute Gasteiger partial charge is 0.379 e. The summed E-state index contributed by atoms with van der Waals surface area (Å²) in [5.41, 5.74) is 1.06. The van der Waals surface area contributed by atoms with Gasteiger partial charge in [-0.1, -0.05) is 15.9 Å². The Morgan fingerprint density at radius 1 is 1.22 bits per heavy atom. The van der Waals surface area contributed by atoms with Gasteiger partial charge in [-0.25, -0.2) is 0 Å². The molecule has 0 aliphatic carbocycles. The maximum absolute atomic E-state index is 5.34. The standard InChI is InChI=1S/C13H16BrN3O/c14-12-1-2-13-11(9-12)10-17(15-13)4-3-16-5-7-18-8-6-16/h1-2,9-10H,3-8H2. The summed E-state index contributed by atoms with van der Waals surface area (Å²) >= 11 is 3.48. The van der Waals surface area contributed by atoms with Gasteiger partial charge in [0.05, 0.1) is 25.3 Å². The molecule has 1 aliphatic heterocycles. The summed E-state index contributed by atoms with van der Waals surface area (Å²) in [6.45, 7) is 5.76. The zero-order valence-electron chi connectivity index (χ0n) is 10.2. The SMILES string of the molecule is Brc1ccc2nn(CCN3CCOCC3)cc2c1. The highest BCUT2D eigenvalue weighted by Crippen LogP contribution is 2.18. The van der Waals surface area contributed by atoms with E-state index < -0.39 is 0 Å². The summed E-state index contributed by atoms with van der Waals surface area (Å²) in [7, 11) is 0. The van der Waals surface area contributed by atoms with E-state index in [1.54, 1.807) is 0 Å². The topological polar surface area (TPSA) is 30.3 Å². The number of ether oxygens (including phenoxy) is 1. The molecule has 5 heteroatoms. The summed E-state index contributed by atoms with van der Waals surface area (Å²) in [5, 5.41) is 5.76. The highest BCUT2D eigenvalue weighted by molar-refractivity contribution is 9.10. The van der Waals surface area contributed by atoms with Crippen molar-refractivity contribution in [2.24, 2.45) is 0 Å². The molecule has 0 spiro atoms. The molecule has 2 aromatic rings. The normalized spacial score (nSPS) is 17.4. The monoisotopic (exact) mass is 309 g/mol. The summed E-state index contributed by atoms with van der Waals surface area (Å²) in [4.78, 5) is 2.42. The van der Waals surface area contributed by atoms with Gasteiger partial charge in [0.1, 0.15) is 0 Å². The van der Waals surface area contributed by atoms with Crippen LogP contribution < -0.4 is 0 Å². The number of morpholine rings is 1. The summed E-state index contributed by atoms with van der Waals surface area (Å²) in [5.74, 6) is 0. The molecule has 0 bridgehead atoms. The first kappa shape index (κ1) is 12.1. The van der Waals surface area contributed by atoms with Gasteiger partial charge in [-0.2, -0.15) is 5.10 Å². The number of fused-ring (bicyclic) bond motifs is 1. The third-order valence-electron chi connectivity index (χ3n) is 3.26. The second-order valence-corrected chi connectivity index (χ2v) is 5.46. The van der Waals surface area contributed by atoms with Crippen LogP contribution in [0, 0.1) is 0 Å². The van der Waals surface area contributed by atoms with E-state index >= 15 is 0 Å². The Hall–Kier alpha value is -0.910. The van der Waals surface area contributed by atoms with Crippen LogP contribution in [0.3, 0.4) is 0 Å². The van der Waals surface area contributed by atoms with Gasteiger partial charge in [-0.15, -0.1) is 0 Å². The van der Waals surface area contributed by atoms with Gasteiger partial charge >= 0.3 is 0 Å². The van der Waals surface area contributed by atoms with Crippen LogP contribution in [0.4, 0.5) is 0 Å². The van der Waals surface area contributed by atoms with E-state index in [0.717, 1.165) is 49.4 Å². The Bertz CT molecular complexity index is 534. The number of hydrogen-bond acceptors (Lipinski definition) is 3. The lowest BCUT2D eigenvalue weighted by Gasteiger charge is -2.26. The van der Waals surface area contributed by atoms with Crippen molar-refractivity contribution in [1.29, 1.82) is 0 Å². The average molecular weight is 310 g/mol. The second-order valence-electron chi connectivity index (χ2n) is 4.55. The quantitative estimate of drug-likeness (QED) is 0.870. The molecule has 0 radical (unpaired) electrons. The number of halogens is 1. The maximum Gasteiger partial charge on any atom is 0.0924 e. The maximum atomic E-state index is 5.34. The van der Waals surface area contributed by atoms with E-state index in [1.165, 1.54) is 5.39 Å². The Balaban J connectivity index is 1.67.